The molecule has 2 rings (SSSR count). The number of carbonyl (C=O) groups excluding carboxylic acids is 1. The van der Waals surface area contributed by atoms with E-state index in [0.29, 0.717) is 6.42 Å². The molecule has 68 valence electrons. The van der Waals surface area contributed by atoms with E-state index in [1.165, 1.54) is 0 Å². The number of ether oxygens (including phenoxy) is 1. The van der Waals surface area contributed by atoms with E-state index in [2.05, 4.69) is 5.32 Å². The fraction of sp³-hybridized carbons (Fsp3) is 0.300. The first-order valence-corrected chi connectivity index (χ1v) is 4.23. The fourth-order valence-electron chi connectivity index (χ4n) is 1.50. The van der Waals surface area contributed by atoms with Crippen LogP contribution in [0.3, 0.4) is 0 Å². The largest absolute Gasteiger partial charge is 0.496 e. The number of hydrogen-bond donors (Lipinski definition) is 1. The summed E-state index contributed by atoms with van der Waals surface area (Å²) >= 11 is 0. The van der Waals surface area contributed by atoms with Crippen molar-refractivity contribution in [1.82, 2.24) is 5.32 Å². The molecule has 1 aliphatic heterocycles. The molecule has 1 unspecified atom stereocenters. The zero-order chi connectivity index (χ0) is 9.26. The molecule has 0 spiro atoms. The maximum absolute atomic E-state index is 10.7. The first kappa shape index (κ1) is 8.10. The van der Waals surface area contributed by atoms with Gasteiger partial charge in [0.2, 0.25) is 5.91 Å². The molecule has 1 atom stereocenters. The average Bonchev–Trinajstić information content (AvgIpc) is 2.13. The Labute approximate surface area is 76.7 Å². The van der Waals surface area contributed by atoms with Crippen molar-refractivity contribution in [3.8, 4) is 5.75 Å². The van der Waals surface area contributed by atoms with Crippen molar-refractivity contribution >= 4 is 5.91 Å². The van der Waals surface area contributed by atoms with E-state index in [9.17, 15) is 4.79 Å². The van der Waals surface area contributed by atoms with Crippen LogP contribution in [-0.2, 0) is 4.79 Å². The molecule has 3 heteroatoms. The lowest BCUT2D eigenvalue weighted by atomic mass is 9.96. The Morgan fingerprint density at radius 3 is 2.77 bits per heavy atom. The van der Waals surface area contributed by atoms with Crippen LogP contribution in [-0.4, -0.2) is 13.0 Å². The molecule has 1 aliphatic rings. The third kappa shape index (κ3) is 1.37. The topological polar surface area (TPSA) is 38.3 Å². The minimum atomic E-state index is 0.107. The van der Waals surface area contributed by atoms with Crippen LogP contribution in [0.2, 0.25) is 0 Å². The summed E-state index contributed by atoms with van der Waals surface area (Å²) in [6.45, 7) is 0. The zero-order valence-corrected chi connectivity index (χ0v) is 7.41. The van der Waals surface area contributed by atoms with Crippen molar-refractivity contribution in [1.29, 1.82) is 0 Å². The average molecular weight is 177 g/mol. The zero-order valence-electron chi connectivity index (χ0n) is 7.41. The number of methoxy groups -OCH3 is 1. The first-order valence-electron chi connectivity index (χ1n) is 4.23. The maximum Gasteiger partial charge on any atom is 0.222 e. The molecular formula is C10H11NO2. The van der Waals surface area contributed by atoms with E-state index < -0.39 is 0 Å². The van der Waals surface area contributed by atoms with Crippen LogP contribution in [0.1, 0.15) is 18.0 Å². The second kappa shape index (κ2) is 3.09. The number of para-hydroxylation sites is 1. The van der Waals surface area contributed by atoms with Gasteiger partial charge >= 0.3 is 0 Å². The van der Waals surface area contributed by atoms with Crippen LogP contribution < -0.4 is 10.1 Å². The van der Waals surface area contributed by atoms with E-state index in [1.807, 2.05) is 24.3 Å². The summed E-state index contributed by atoms with van der Waals surface area (Å²) < 4.78 is 5.19. The molecule has 1 heterocycles. The van der Waals surface area contributed by atoms with Gasteiger partial charge in [-0.2, -0.15) is 0 Å². The highest BCUT2D eigenvalue weighted by atomic mass is 16.5. The lowest BCUT2D eigenvalue weighted by molar-refractivity contribution is -0.128. The fourth-order valence-corrected chi connectivity index (χ4v) is 1.50. The second-order valence-electron chi connectivity index (χ2n) is 3.07. The minimum absolute atomic E-state index is 0.107. The number of β-lactam (4-membered cyclic amide) rings is 1. The van der Waals surface area contributed by atoms with Crippen molar-refractivity contribution < 1.29 is 9.53 Å². The van der Waals surface area contributed by atoms with E-state index in [-0.39, 0.29) is 11.9 Å². The van der Waals surface area contributed by atoms with Gasteiger partial charge < -0.3 is 10.1 Å². The number of carbonyl (C=O) groups is 1. The van der Waals surface area contributed by atoms with Gasteiger partial charge in [-0.15, -0.1) is 0 Å². The second-order valence-corrected chi connectivity index (χ2v) is 3.07. The predicted octanol–water partition coefficient (Wildman–Crippen LogP) is 1.26. The molecular weight excluding hydrogens is 166 g/mol. The SMILES string of the molecule is COc1ccccc1C1CC(=O)N1. The van der Waals surface area contributed by atoms with E-state index in [1.54, 1.807) is 7.11 Å². The Hall–Kier alpha value is -1.51. The Bertz CT molecular complexity index is 327. The monoisotopic (exact) mass is 177 g/mol. The highest BCUT2D eigenvalue weighted by Gasteiger charge is 2.28. The predicted molar refractivity (Wildman–Crippen MR) is 48.5 cm³/mol. The number of rotatable bonds is 2. The molecule has 1 fully saturated rings. The number of amides is 1. The lowest BCUT2D eigenvalue weighted by Crippen LogP contribution is -2.41. The van der Waals surface area contributed by atoms with E-state index >= 15 is 0 Å². The molecule has 13 heavy (non-hydrogen) atoms. The molecule has 3 nitrogen and oxygen atoms in total. The Morgan fingerprint density at radius 2 is 2.15 bits per heavy atom. The van der Waals surface area contributed by atoms with Crippen molar-refractivity contribution in [3.63, 3.8) is 0 Å². The van der Waals surface area contributed by atoms with Gasteiger partial charge in [0.15, 0.2) is 0 Å². The Morgan fingerprint density at radius 1 is 1.46 bits per heavy atom. The summed E-state index contributed by atoms with van der Waals surface area (Å²) in [6, 6.07) is 7.89. The van der Waals surface area contributed by atoms with Gasteiger partial charge in [0, 0.05) is 5.56 Å². The van der Waals surface area contributed by atoms with Gasteiger partial charge in [0.25, 0.3) is 0 Å². The van der Waals surface area contributed by atoms with Gasteiger partial charge in [-0.25, -0.2) is 0 Å². The number of hydrogen-bond acceptors (Lipinski definition) is 2. The summed E-state index contributed by atoms with van der Waals surface area (Å²) in [7, 11) is 1.64. The first-order chi connectivity index (χ1) is 6.31. The normalized spacial score (nSPS) is 20.4. The quantitative estimate of drug-likeness (QED) is 0.690. The lowest BCUT2D eigenvalue weighted by Gasteiger charge is -2.28. The molecule has 1 aromatic rings. The van der Waals surface area contributed by atoms with Gasteiger partial charge in [0.05, 0.1) is 19.6 Å². The molecule has 1 amide bonds. The smallest absolute Gasteiger partial charge is 0.222 e. The summed E-state index contributed by atoms with van der Waals surface area (Å²) in [5, 5.41) is 2.81. The highest BCUT2D eigenvalue weighted by Crippen LogP contribution is 2.30. The molecule has 0 aromatic heterocycles. The van der Waals surface area contributed by atoms with Crippen molar-refractivity contribution in [2.75, 3.05) is 7.11 Å². The highest BCUT2D eigenvalue weighted by molar-refractivity contribution is 5.83. The van der Waals surface area contributed by atoms with Crippen LogP contribution in [0, 0.1) is 0 Å². The molecule has 0 saturated carbocycles. The third-order valence-corrected chi connectivity index (χ3v) is 2.24. The van der Waals surface area contributed by atoms with Gasteiger partial charge in [0.1, 0.15) is 5.75 Å². The van der Waals surface area contributed by atoms with Crippen molar-refractivity contribution in [3.05, 3.63) is 29.8 Å². The van der Waals surface area contributed by atoms with Crippen LogP contribution in [0.5, 0.6) is 5.75 Å². The van der Waals surface area contributed by atoms with Crippen molar-refractivity contribution in [2.45, 2.75) is 12.5 Å². The summed E-state index contributed by atoms with van der Waals surface area (Å²) in [5.74, 6) is 0.948. The minimum Gasteiger partial charge on any atom is -0.496 e. The van der Waals surface area contributed by atoms with Gasteiger partial charge in [-0.1, -0.05) is 18.2 Å². The number of benzene rings is 1. The number of nitrogens with one attached hydrogen (secondary N) is 1. The molecule has 0 bridgehead atoms. The van der Waals surface area contributed by atoms with Crippen LogP contribution in [0.15, 0.2) is 24.3 Å². The maximum atomic E-state index is 10.7. The standard InChI is InChI=1S/C10H11NO2/c1-13-9-5-3-2-4-7(9)8-6-10(12)11-8/h2-5,8H,6H2,1H3,(H,11,12). The summed E-state index contributed by atoms with van der Waals surface area (Å²) in [4.78, 5) is 10.7. The third-order valence-electron chi connectivity index (χ3n) is 2.24. The van der Waals surface area contributed by atoms with Gasteiger partial charge in [-0.3, -0.25) is 4.79 Å². The molecule has 1 aromatic carbocycles. The van der Waals surface area contributed by atoms with Crippen molar-refractivity contribution in [2.24, 2.45) is 0 Å². The van der Waals surface area contributed by atoms with E-state index in [0.717, 1.165) is 11.3 Å². The Balaban J connectivity index is 2.24. The summed E-state index contributed by atoms with van der Waals surface area (Å²) in [6.07, 6.45) is 0.570. The van der Waals surface area contributed by atoms with E-state index in [4.69, 9.17) is 4.74 Å². The summed E-state index contributed by atoms with van der Waals surface area (Å²) in [5.41, 5.74) is 1.06. The van der Waals surface area contributed by atoms with Crippen LogP contribution in [0.4, 0.5) is 0 Å². The molecule has 1 N–H and O–H groups in total. The molecule has 0 radical (unpaired) electrons. The molecule has 0 aliphatic carbocycles. The van der Waals surface area contributed by atoms with Crippen LogP contribution in [0.25, 0.3) is 0 Å². The Kier molecular flexibility index (Phi) is 1.93. The molecule has 1 saturated heterocycles. The van der Waals surface area contributed by atoms with Crippen LogP contribution >= 0.6 is 0 Å². The van der Waals surface area contributed by atoms with Gasteiger partial charge in [-0.05, 0) is 6.07 Å².